The van der Waals surface area contributed by atoms with E-state index in [2.05, 4.69) is 14.9 Å². The van der Waals surface area contributed by atoms with Crippen molar-refractivity contribution in [3.8, 4) is 0 Å². The van der Waals surface area contributed by atoms with E-state index < -0.39 is 10.0 Å². The molecule has 0 aliphatic carbocycles. The van der Waals surface area contributed by atoms with Crippen molar-refractivity contribution in [2.24, 2.45) is 15.2 Å². The van der Waals surface area contributed by atoms with Crippen molar-refractivity contribution < 1.29 is 8.42 Å². The first-order chi connectivity index (χ1) is 11.3. The fraction of sp³-hybridized carbons (Fsp3) is 0.176. The maximum atomic E-state index is 12.2. The van der Waals surface area contributed by atoms with Crippen LogP contribution < -0.4 is 11.2 Å². The lowest BCUT2D eigenvalue weighted by atomic mass is 10.1. The Hall–Kier alpha value is -2.67. The van der Waals surface area contributed by atoms with Crippen molar-refractivity contribution in [2.75, 3.05) is 0 Å². The van der Waals surface area contributed by atoms with E-state index in [1.54, 1.807) is 19.1 Å². The molecule has 3 N–H and O–H groups in total. The Labute approximate surface area is 142 Å². The summed E-state index contributed by atoms with van der Waals surface area (Å²) in [7, 11) is -3.86. The predicted molar refractivity (Wildman–Crippen MR) is 96.5 cm³/mol. The van der Waals surface area contributed by atoms with Gasteiger partial charge in [-0.2, -0.15) is 13.5 Å². The first-order valence-corrected chi connectivity index (χ1v) is 8.76. The molecule has 0 heterocycles. The summed E-state index contributed by atoms with van der Waals surface area (Å²) >= 11 is 0. The van der Waals surface area contributed by atoms with Gasteiger partial charge in [0.15, 0.2) is 0 Å². The molecule has 7 heteroatoms. The molecule has 0 aliphatic heterocycles. The Morgan fingerprint density at radius 1 is 0.958 bits per heavy atom. The van der Waals surface area contributed by atoms with Crippen LogP contribution >= 0.6 is 0 Å². The molecule has 0 amide bonds. The summed E-state index contributed by atoms with van der Waals surface area (Å²) in [4.78, 5) is 0.0806. The molecule has 0 spiro atoms. The number of hydrogen-bond acceptors (Lipinski definition) is 3. The highest BCUT2D eigenvalue weighted by Gasteiger charge is 2.13. The number of nitrogens with two attached hydrogens (primary N) is 1. The van der Waals surface area contributed by atoms with E-state index >= 15 is 0 Å². The van der Waals surface area contributed by atoms with Gasteiger partial charge in [-0.3, -0.25) is 0 Å². The highest BCUT2D eigenvalue weighted by Crippen LogP contribution is 2.12. The third kappa shape index (κ3) is 4.66. The van der Waals surface area contributed by atoms with Crippen LogP contribution in [0.2, 0.25) is 0 Å². The Morgan fingerprint density at radius 2 is 1.46 bits per heavy atom. The number of hydrazone groups is 1. The van der Waals surface area contributed by atoms with Gasteiger partial charge in [0.25, 0.3) is 10.0 Å². The number of nitrogens with one attached hydrogen (secondary N) is 1. The van der Waals surface area contributed by atoms with Crippen LogP contribution in [0.1, 0.15) is 23.6 Å². The largest absolute Gasteiger partial charge is 0.368 e. The minimum Gasteiger partial charge on any atom is -0.368 e. The summed E-state index contributed by atoms with van der Waals surface area (Å²) < 4.78 is 27.8. The van der Waals surface area contributed by atoms with Gasteiger partial charge in [0, 0.05) is 0 Å². The van der Waals surface area contributed by atoms with Crippen molar-refractivity contribution in [3.63, 3.8) is 0 Å². The molecule has 0 unspecified atom stereocenters. The van der Waals surface area contributed by atoms with Crippen molar-refractivity contribution >= 4 is 21.7 Å². The number of benzene rings is 2. The zero-order valence-electron chi connectivity index (χ0n) is 13.8. The molecule has 0 atom stereocenters. The first kappa shape index (κ1) is 17.7. The maximum absolute atomic E-state index is 12.2. The molecule has 0 fully saturated rings. The summed E-state index contributed by atoms with van der Waals surface area (Å²) in [5.41, 5.74) is 11.8. The topological polar surface area (TPSA) is 96.9 Å². The SMILES string of the molecule is C/C(=N\N/C(N)=N/S(=O)(=O)c1ccc(C)cc1)c1ccc(C)cc1. The third-order valence-electron chi connectivity index (χ3n) is 3.34. The van der Waals surface area contributed by atoms with E-state index in [-0.39, 0.29) is 10.9 Å². The van der Waals surface area contributed by atoms with Gasteiger partial charge in [0.1, 0.15) is 0 Å². The number of hydrogen-bond donors (Lipinski definition) is 2. The van der Waals surface area contributed by atoms with E-state index in [0.717, 1.165) is 16.7 Å². The van der Waals surface area contributed by atoms with Crippen LogP contribution in [0.25, 0.3) is 0 Å². The average molecular weight is 344 g/mol. The second kappa shape index (κ2) is 7.27. The van der Waals surface area contributed by atoms with Crippen LogP contribution in [0.4, 0.5) is 0 Å². The maximum Gasteiger partial charge on any atom is 0.285 e. The highest BCUT2D eigenvalue weighted by molar-refractivity contribution is 7.90. The minimum atomic E-state index is -3.86. The molecule has 126 valence electrons. The number of sulfonamides is 1. The van der Waals surface area contributed by atoms with Gasteiger partial charge < -0.3 is 5.73 Å². The van der Waals surface area contributed by atoms with E-state index in [1.165, 1.54) is 12.1 Å². The van der Waals surface area contributed by atoms with E-state index in [9.17, 15) is 8.42 Å². The molecule has 2 aromatic rings. The number of guanidine groups is 1. The van der Waals surface area contributed by atoms with Gasteiger partial charge in [-0.15, -0.1) is 4.40 Å². The molecule has 0 bridgehead atoms. The van der Waals surface area contributed by atoms with Crippen LogP contribution in [0.5, 0.6) is 0 Å². The van der Waals surface area contributed by atoms with Crippen LogP contribution in [-0.2, 0) is 10.0 Å². The zero-order chi connectivity index (χ0) is 17.7. The van der Waals surface area contributed by atoms with E-state index in [0.29, 0.717) is 5.71 Å². The standard InChI is InChI=1S/C17H20N4O2S/c1-12-4-8-15(9-5-12)14(3)19-20-17(18)21-24(22,23)16-10-6-13(2)7-11-16/h4-11H,1-3H3,(H3,18,20,21)/b19-14+. The molecule has 0 saturated heterocycles. The second-order valence-corrected chi connectivity index (χ2v) is 7.04. The summed E-state index contributed by atoms with van der Waals surface area (Å²) in [6.07, 6.45) is 0. The zero-order valence-corrected chi connectivity index (χ0v) is 14.6. The number of rotatable bonds is 4. The molecule has 2 aromatic carbocycles. The van der Waals surface area contributed by atoms with Gasteiger partial charge in [0.2, 0.25) is 5.96 Å². The molecular weight excluding hydrogens is 324 g/mol. The smallest absolute Gasteiger partial charge is 0.285 e. The summed E-state index contributed by atoms with van der Waals surface area (Å²) in [6, 6.07) is 14.2. The molecule has 24 heavy (non-hydrogen) atoms. The highest BCUT2D eigenvalue weighted by atomic mass is 32.2. The quantitative estimate of drug-likeness (QED) is 0.505. The fourth-order valence-electron chi connectivity index (χ4n) is 1.91. The Morgan fingerprint density at radius 3 is 2.00 bits per heavy atom. The minimum absolute atomic E-state index is 0.0806. The van der Waals surface area contributed by atoms with Crippen molar-refractivity contribution in [2.45, 2.75) is 25.7 Å². The van der Waals surface area contributed by atoms with Crippen LogP contribution in [0.3, 0.4) is 0 Å². The lowest BCUT2D eigenvalue weighted by Gasteiger charge is -2.04. The second-order valence-electron chi connectivity index (χ2n) is 5.44. The van der Waals surface area contributed by atoms with Crippen molar-refractivity contribution in [1.82, 2.24) is 5.43 Å². The average Bonchev–Trinajstić information content (AvgIpc) is 2.53. The van der Waals surface area contributed by atoms with Crippen LogP contribution in [0.15, 0.2) is 62.9 Å². The molecule has 6 nitrogen and oxygen atoms in total. The van der Waals surface area contributed by atoms with Crippen LogP contribution in [0, 0.1) is 13.8 Å². The van der Waals surface area contributed by atoms with Gasteiger partial charge in [0.05, 0.1) is 10.6 Å². The Balaban J connectivity index is 2.14. The summed E-state index contributed by atoms with van der Waals surface area (Å²) in [5.74, 6) is -0.290. The van der Waals surface area contributed by atoms with Crippen LogP contribution in [-0.4, -0.2) is 20.1 Å². The van der Waals surface area contributed by atoms with Crippen molar-refractivity contribution in [3.05, 3.63) is 65.2 Å². The molecule has 0 aliphatic rings. The molecule has 0 saturated carbocycles. The molecule has 0 radical (unpaired) electrons. The van der Waals surface area contributed by atoms with Gasteiger partial charge in [-0.25, -0.2) is 5.43 Å². The lowest BCUT2D eigenvalue weighted by Crippen LogP contribution is -2.29. The Kier molecular flexibility index (Phi) is 5.35. The van der Waals surface area contributed by atoms with Gasteiger partial charge in [-0.05, 0) is 38.5 Å². The van der Waals surface area contributed by atoms with E-state index in [4.69, 9.17) is 5.73 Å². The molecule has 2 rings (SSSR count). The molecule has 0 aromatic heterocycles. The third-order valence-corrected chi connectivity index (χ3v) is 4.65. The van der Waals surface area contributed by atoms with Crippen molar-refractivity contribution in [1.29, 1.82) is 0 Å². The monoisotopic (exact) mass is 344 g/mol. The number of nitrogens with zero attached hydrogens (tertiary/aromatic N) is 2. The van der Waals surface area contributed by atoms with E-state index in [1.807, 2.05) is 38.1 Å². The predicted octanol–water partition coefficient (Wildman–Crippen LogP) is 2.32. The fourth-order valence-corrected chi connectivity index (χ4v) is 2.80. The first-order valence-electron chi connectivity index (χ1n) is 7.32. The summed E-state index contributed by atoms with van der Waals surface area (Å²) in [5, 5.41) is 4.06. The van der Waals surface area contributed by atoms with Gasteiger partial charge in [-0.1, -0.05) is 47.5 Å². The summed E-state index contributed by atoms with van der Waals surface area (Å²) in [6.45, 7) is 5.66. The Bertz CT molecular complexity index is 868. The normalized spacial score (nSPS) is 13.0. The number of aryl methyl sites for hydroxylation is 2. The molecular formula is C17H20N4O2S. The van der Waals surface area contributed by atoms with Gasteiger partial charge >= 0.3 is 0 Å². The lowest BCUT2D eigenvalue weighted by molar-refractivity contribution is 0.597.